The quantitative estimate of drug-likeness (QED) is 0.736. The zero-order valence-electron chi connectivity index (χ0n) is 14.0. The largest absolute Gasteiger partial charge is 0.338 e. The summed E-state index contributed by atoms with van der Waals surface area (Å²) in [5, 5.41) is 0.0290. The molecule has 2 aromatic rings. The molecule has 1 amide bonds. The van der Waals surface area contributed by atoms with Crippen LogP contribution < -0.4 is 11.2 Å². The molecule has 1 fully saturated rings. The molecule has 130 valence electrons. The van der Waals surface area contributed by atoms with E-state index in [1.165, 1.54) is 23.2 Å². The van der Waals surface area contributed by atoms with Crippen LogP contribution in [0.1, 0.15) is 26.2 Å². The molecule has 0 radical (unpaired) electrons. The molecule has 3 heterocycles. The van der Waals surface area contributed by atoms with Crippen molar-refractivity contribution < 1.29 is 4.79 Å². The number of carbonyl (C=O) groups is 1. The Hall–Kier alpha value is -2.09. The maximum Gasteiger partial charge on any atom is 0.332 e. The van der Waals surface area contributed by atoms with Crippen LogP contribution in [0, 0.1) is 0 Å². The fraction of sp³-hybridized carbons (Fsp3) is 0.600. The van der Waals surface area contributed by atoms with E-state index in [-0.39, 0.29) is 34.9 Å². The van der Waals surface area contributed by atoms with Crippen LogP contribution in [0.2, 0.25) is 5.28 Å². The summed E-state index contributed by atoms with van der Waals surface area (Å²) in [5.74, 6) is -0.0979. The number of hydrogen-bond donors (Lipinski definition) is 0. The van der Waals surface area contributed by atoms with Gasteiger partial charge in [0, 0.05) is 26.7 Å². The zero-order chi connectivity index (χ0) is 17.6. The third-order valence-corrected chi connectivity index (χ3v) is 5.01. The number of amides is 1. The number of carbonyl (C=O) groups excluding carboxylic acids is 1. The standard InChI is InChI=1S/C15H20ClN5O3/c1-9-6-4-5-7-20(9)10(22)8-21-11-12(17-14(21)16)18(2)15(24)19(3)13(11)23/h9H,4-8H2,1-3H3/t9-/m1/s1. The number of hydrogen-bond acceptors (Lipinski definition) is 4. The van der Waals surface area contributed by atoms with Crippen LogP contribution in [0.5, 0.6) is 0 Å². The van der Waals surface area contributed by atoms with E-state index in [0.717, 1.165) is 23.8 Å². The van der Waals surface area contributed by atoms with E-state index in [0.29, 0.717) is 6.54 Å². The van der Waals surface area contributed by atoms with Crippen LogP contribution in [0.4, 0.5) is 0 Å². The topological polar surface area (TPSA) is 82.1 Å². The molecule has 9 heteroatoms. The molecule has 0 spiro atoms. The minimum absolute atomic E-state index is 0.0290. The average molecular weight is 354 g/mol. The fourth-order valence-corrected chi connectivity index (χ4v) is 3.48. The van der Waals surface area contributed by atoms with Crippen molar-refractivity contribution in [3.63, 3.8) is 0 Å². The van der Waals surface area contributed by atoms with Gasteiger partial charge >= 0.3 is 5.69 Å². The first-order valence-electron chi connectivity index (χ1n) is 7.94. The first-order chi connectivity index (χ1) is 11.3. The SMILES string of the molecule is C[C@@H]1CCCCN1C(=O)Cn1c(Cl)nc2c1c(=O)n(C)c(=O)n2C. The van der Waals surface area contributed by atoms with Gasteiger partial charge in [-0.25, -0.2) is 4.79 Å². The van der Waals surface area contributed by atoms with E-state index in [2.05, 4.69) is 4.98 Å². The highest BCUT2D eigenvalue weighted by Gasteiger charge is 2.26. The molecule has 1 atom stereocenters. The molecule has 0 saturated carbocycles. The van der Waals surface area contributed by atoms with Gasteiger partial charge < -0.3 is 4.90 Å². The summed E-state index contributed by atoms with van der Waals surface area (Å²) in [6.07, 6.45) is 3.06. The Bertz CT molecular complexity index is 926. The lowest BCUT2D eigenvalue weighted by molar-refractivity contribution is -0.135. The minimum Gasteiger partial charge on any atom is -0.338 e. The molecule has 0 unspecified atom stereocenters. The molecule has 0 bridgehead atoms. The minimum atomic E-state index is -0.507. The van der Waals surface area contributed by atoms with E-state index in [9.17, 15) is 14.4 Å². The molecule has 0 aliphatic carbocycles. The molecule has 3 rings (SSSR count). The maximum absolute atomic E-state index is 12.7. The average Bonchev–Trinajstić information content (AvgIpc) is 2.88. The van der Waals surface area contributed by atoms with Crippen molar-refractivity contribution in [1.82, 2.24) is 23.6 Å². The number of rotatable bonds is 2. The Morgan fingerprint density at radius 2 is 1.96 bits per heavy atom. The molecular formula is C15H20ClN5O3. The summed E-state index contributed by atoms with van der Waals surface area (Å²) in [7, 11) is 2.91. The highest BCUT2D eigenvalue weighted by atomic mass is 35.5. The normalized spacial score (nSPS) is 18.3. The number of imidazole rings is 1. The van der Waals surface area contributed by atoms with E-state index in [4.69, 9.17) is 11.6 Å². The second-order valence-electron chi connectivity index (χ2n) is 6.28. The van der Waals surface area contributed by atoms with Crippen LogP contribution in [-0.2, 0) is 25.4 Å². The second kappa shape index (κ2) is 6.08. The third kappa shape index (κ3) is 2.54. The Balaban J connectivity index is 2.07. The number of aryl methyl sites for hydroxylation is 1. The van der Waals surface area contributed by atoms with Gasteiger partial charge in [-0.15, -0.1) is 0 Å². The predicted molar refractivity (Wildman–Crippen MR) is 90.3 cm³/mol. The van der Waals surface area contributed by atoms with Gasteiger partial charge in [0.25, 0.3) is 5.56 Å². The van der Waals surface area contributed by atoms with Gasteiger partial charge in [0.05, 0.1) is 0 Å². The molecule has 24 heavy (non-hydrogen) atoms. The smallest absolute Gasteiger partial charge is 0.332 e. The van der Waals surface area contributed by atoms with E-state index >= 15 is 0 Å². The summed E-state index contributed by atoms with van der Waals surface area (Å²) >= 11 is 6.15. The van der Waals surface area contributed by atoms with E-state index in [1.807, 2.05) is 11.8 Å². The summed E-state index contributed by atoms with van der Waals surface area (Å²) < 4.78 is 3.64. The lowest BCUT2D eigenvalue weighted by atomic mass is 10.0. The Kier molecular flexibility index (Phi) is 4.25. The number of nitrogens with zero attached hydrogens (tertiary/aromatic N) is 5. The van der Waals surface area contributed by atoms with Crippen LogP contribution in [0.15, 0.2) is 9.59 Å². The zero-order valence-corrected chi connectivity index (χ0v) is 14.7. The summed E-state index contributed by atoms with van der Waals surface area (Å²) in [6.45, 7) is 2.67. The number of piperidine rings is 1. The Morgan fingerprint density at radius 3 is 2.62 bits per heavy atom. The van der Waals surface area contributed by atoms with Crippen LogP contribution in [-0.4, -0.2) is 42.1 Å². The lowest BCUT2D eigenvalue weighted by Crippen LogP contribution is -2.44. The number of aromatic nitrogens is 4. The molecule has 0 N–H and O–H groups in total. The summed E-state index contributed by atoms with van der Waals surface area (Å²) in [5.41, 5.74) is -0.632. The Morgan fingerprint density at radius 1 is 1.25 bits per heavy atom. The van der Waals surface area contributed by atoms with Gasteiger partial charge in [0.15, 0.2) is 11.2 Å². The van der Waals surface area contributed by atoms with Crippen molar-refractivity contribution in [2.24, 2.45) is 14.1 Å². The van der Waals surface area contributed by atoms with Crippen LogP contribution in [0.25, 0.3) is 11.2 Å². The highest BCUT2D eigenvalue weighted by molar-refractivity contribution is 6.29. The van der Waals surface area contributed by atoms with Gasteiger partial charge in [-0.05, 0) is 37.8 Å². The van der Waals surface area contributed by atoms with Gasteiger partial charge in [-0.1, -0.05) is 0 Å². The first-order valence-corrected chi connectivity index (χ1v) is 8.32. The molecular weight excluding hydrogens is 334 g/mol. The van der Waals surface area contributed by atoms with Gasteiger partial charge in [0.1, 0.15) is 6.54 Å². The fourth-order valence-electron chi connectivity index (χ4n) is 3.26. The van der Waals surface area contributed by atoms with Gasteiger partial charge in [0.2, 0.25) is 11.2 Å². The van der Waals surface area contributed by atoms with E-state index in [1.54, 1.807) is 0 Å². The van der Waals surface area contributed by atoms with Crippen molar-refractivity contribution in [2.75, 3.05) is 6.54 Å². The summed E-state index contributed by atoms with van der Waals surface area (Å²) in [6, 6.07) is 0.173. The van der Waals surface area contributed by atoms with Gasteiger partial charge in [-0.3, -0.25) is 23.3 Å². The predicted octanol–water partition coefficient (Wildman–Crippen LogP) is 0.488. The third-order valence-electron chi connectivity index (χ3n) is 4.72. The van der Waals surface area contributed by atoms with Crippen molar-refractivity contribution in [2.45, 2.75) is 38.8 Å². The Labute approximate surface area is 143 Å². The molecule has 1 saturated heterocycles. The van der Waals surface area contributed by atoms with Crippen molar-refractivity contribution >= 4 is 28.7 Å². The lowest BCUT2D eigenvalue weighted by Gasteiger charge is -2.33. The maximum atomic E-state index is 12.7. The molecule has 1 aliphatic rings. The number of likely N-dealkylation sites (tertiary alicyclic amines) is 1. The van der Waals surface area contributed by atoms with E-state index < -0.39 is 11.2 Å². The van der Waals surface area contributed by atoms with Crippen molar-refractivity contribution in [3.05, 3.63) is 26.1 Å². The van der Waals surface area contributed by atoms with Crippen LogP contribution in [0.3, 0.4) is 0 Å². The number of fused-ring (bicyclic) bond motifs is 1. The van der Waals surface area contributed by atoms with Gasteiger partial charge in [-0.2, -0.15) is 4.98 Å². The van der Waals surface area contributed by atoms with Crippen molar-refractivity contribution in [1.29, 1.82) is 0 Å². The highest BCUT2D eigenvalue weighted by Crippen LogP contribution is 2.19. The molecule has 8 nitrogen and oxygen atoms in total. The van der Waals surface area contributed by atoms with Crippen LogP contribution >= 0.6 is 11.6 Å². The second-order valence-corrected chi connectivity index (χ2v) is 6.61. The monoisotopic (exact) mass is 353 g/mol. The summed E-state index contributed by atoms with van der Waals surface area (Å²) in [4.78, 5) is 43.0. The molecule has 0 aromatic carbocycles. The first kappa shape index (κ1) is 16.8. The van der Waals surface area contributed by atoms with Crippen molar-refractivity contribution in [3.8, 4) is 0 Å². The molecule has 1 aliphatic heterocycles. The number of halogens is 1. The molecule has 2 aromatic heterocycles.